The lowest BCUT2D eigenvalue weighted by molar-refractivity contribution is 0.00672. The fourth-order valence-corrected chi connectivity index (χ4v) is 4.30. The number of primary sulfonamides is 1. The van der Waals surface area contributed by atoms with Crippen molar-refractivity contribution in [2.24, 2.45) is 16.8 Å². The Bertz CT molecular complexity index is 447. The molecule has 2 unspecified atom stereocenters. The molecule has 6 nitrogen and oxygen atoms in total. The molecule has 22 heavy (non-hydrogen) atoms. The first-order valence-corrected chi connectivity index (χ1v) is 10.1. The molecular formula is C15H31N3O3S. The molecule has 2 atom stereocenters. The second-order valence-corrected chi connectivity index (χ2v) is 8.77. The minimum atomic E-state index is -3.39. The van der Waals surface area contributed by atoms with Gasteiger partial charge in [-0.15, -0.1) is 0 Å². The van der Waals surface area contributed by atoms with E-state index >= 15 is 0 Å². The first kappa shape index (κ1) is 18.1. The summed E-state index contributed by atoms with van der Waals surface area (Å²) in [6.07, 6.45) is 5.79. The van der Waals surface area contributed by atoms with E-state index in [0.717, 1.165) is 39.1 Å². The molecule has 130 valence electrons. The molecule has 0 aromatic rings. The summed E-state index contributed by atoms with van der Waals surface area (Å²) in [5.74, 6) is 0.557. The second-order valence-electron chi connectivity index (χ2n) is 7.03. The molecule has 1 saturated heterocycles. The number of hydrogen-bond donors (Lipinski definition) is 2. The SMILES string of the molecule is CC(CC(N)(CCCS(N)(=O)=O)C1CCC1)N1CCOCC1. The molecule has 0 amide bonds. The highest BCUT2D eigenvalue weighted by Crippen LogP contribution is 2.40. The van der Waals surface area contributed by atoms with Crippen LogP contribution in [-0.4, -0.2) is 57.0 Å². The lowest BCUT2D eigenvalue weighted by Gasteiger charge is -2.46. The molecule has 0 bridgehead atoms. The van der Waals surface area contributed by atoms with Crippen LogP contribution in [-0.2, 0) is 14.8 Å². The van der Waals surface area contributed by atoms with Crippen LogP contribution in [0, 0.1) is 5.92 Å². The maximum absolute atomic E-state index is 11.2. The van der Waals surface area contributed by atoms with E-state index in [0.29, 0.717) is 18.4 Å². The standard InChI is InChI=1S/C15H31N3O3S/c1-13(18-7-9-21-10-8-18)12-15(16,14-4-2-5-14)6-3-11-22(17,19)20/h13-14H,2-12,16H2,1H3,(H2,17,19,20). The van der Waals surface area contributed by atoms with Gasteiger partial charge in [-0.1, -0.05) is 6.42 Å². The molecule has 1 saturated carbocycles. The molecule has 4 N–H and O–H groups in total. The van der Waals surface area contributed by atoms with E-state index in [4.69, 9.17) is 15.6 Å². The predicted octanol–water partition coefficient (Wildman–Crippen LogP) is 0.664. The van der Waals surface area contributed by atoms with Crippen LogP contribution in [0.5, 0.6) is 0 Å². The topological polar surface area (TPSA) is 98.7 Å². The van der Waals surface area contributed by atoms with Crippen molar-refractivity contribution in [3.05, 3.63) is 0 Å². The van der Waals surface area contributed by atoms with E-state index in [9.17, 15) is 8.42 Å². The summed E-state index contributed by atoms with van der Waals surface area (Å²) in [5, 5.41) is 5.11. The summed E-state index contributed by atoms with van der Waals surface area (Å²) in [5.41, 5.74) is 6.48. The van der Waals surface area contributed by atoms with Gasteiger partial charge in [-0.25, -0.2) is 13.6 Å². The van der Waals surface area contributed by atoms with Gasteiger partial charge in [0.1, 0.15) is 0 Å². The van der Waals surface area contributed by atoms with Crippen molar-refractivity contribution in [2.75, 3.05) is 32.1 Å². The van der Waals surface area contributed by atoms with E-state index < -0.39 is 10.0 Å². The molecule has 2 aliphatic rings. The normalized spacial score (nSPS) is 25.4. The highest BCUT2D eigenvalue weighted by molar-refractivity contribution is 7.89. The summed E-state index contributed by atoms with van der Waals surface area (Å²) in [4.78, 5) is 2.43. The number of morpholine rings is 1. The third kappa shape index (κ3) is 5.16. The van der Waals surface area contributed by atoms with Gasteiger partial charge in [0.05, 0.1) is 19.0 Å². The van der Waals surface area contributed by atoms with Crippen LogP contribution in [0.2, 0.25) is 0 Å². The van der Waals surface area contributed by atoms with Gasteiger partial charge < -0.3 is 10.5 Å². The Kier molecular flexibility index (Phi) is 6.24. The molecule has 7 heteroatoms. The van der Waals surface area contributed by atoms with Crippen molar-refractivity contribution in [3.63, 3.8) is 0 Å². The number of hydrogen-bond acceptors (Lipinski definition) is 5. The molecule has 2 rings (SSSR count). The van der Waals surface area contributed by atoms with Crippen molar-refractivity contribution in [2.45, 2.75) is 57.0 Å². The second kappa shape index (κ2) is 7.57. The largest absolute Gasteiger partial charge is 0.379 e. The molecule has 0 spiro atoms. The van der Waals surface area contributed by atoms with Crippen LogP contribution in [0.4, 0.5) is 0 Å². The molecule has 1 heterocycles. The first-order chi connectivity index (χ1) is 10.3. The summed E-state index contributed by atoms with van der Waals surface area (Å²) < 4.78 is 27.7. The lowest BCUT2D eigenvalue weighted by atomic mass is 9.67. The maximum Gasteiger partial charge on any atom is 0.209 e. The average Bonchev–Trinajstić information content (AvgIpc) is 2.35. The fourth-order valence-electron chi connectivity index (χ4n) is 3.76. The Labute approximate surface area is 134 Å². The highest BCUT2D eigenvalue weighted by Gasteiger charge is 2.40. The Morgan fingerprint density at radius 2 is 1.95 bits per heavy atom. The highest BCUT2D eigenvalue weighted by atomic mass is 32.2. The van der Waals surface area contributed by atoms with Crippen LogP contribution >= 0.6 is 0 Å². The van der Waals surface area contributed by atoms with Crippen LogP contribution in [0.1, 0.15) is 45.4 Å². The van der Waals surface area contributed by atoms with Crippen molar-refractivity contribution >= 4 is 10.0 Å². The monoisotopic (exact) mass is 333 g/mol. The quantitative estimate of drug-likeness (QED) is 0.680. The van der Waals surface area contributed by atoms with E-state index in [-0.39, 0.29) is 11.3 Å². The molecule has 2 fully saturated rings. The average molecular weight is 333 g/mol. The summed E-state index contributed by atoms with van der Waals surface area (Å²) >= 11 is 0. The van der Waals surface area contributed by atoms with Crippen molar-refractivity contribution in [1.29, 1.82) is 0 Å². The number of rotatable bonds is 8. The number of sulfonamides is 1. The van der Waals surface area contributed by atoms with Crippen LogP contribution in [0.25, 0.3) is 0 Å². The van der Waals surface area contributed by atoms with Crippen molar-refractivity contribution in [3.8, 4) is 0 Å². The Morgan fingerprint density at radius 1 is 1.32 bits per heavy atom. The van der Waals surface area contributed by atoms with E-state index in [1.165, 1.54) is 19.3 Å². The minimum absolute atomic E-state index is 0.0323. The summed E-state index contributed by atoms with van der Waals surface area (Å²) in [7, 11) is -3.39. The van der Waals surface area contributed by atoms with Gasteiger partial charge >= 0.3 is 0 Å². The van der Waals surface area contributed by atoms with Crippen LogP contribution in [0.3, 0.4) is 0 Å². The summed E-state index contributed by atoms with van der Waals surface area (Å²) in [6, 6.07) is 0.406. The zero-order valence-electron chi connectivity index (χ0n) is 13.7. The van der Waals surface area contributed by atoms with Crippen molar-refractivity contribution < 1.29 is 13.2 Å². The third-order valence-electron chi connectivity index (χ3n) is 5.33. The molecule has 1 aliphatic carbocycles. The van der Waals surface area contributed by atoms with Gasteiger partial charge in [-0.3, -0.25) is 4.90 Å². The summed E-state index contributed by atoms with van der Waals surface area (Å²) in [6.45, 7) is 5.72. The zero-order valence-corrected chi connectivity index (χ0v) is 14.5. The van der Waals surface area contributed by atoms with Gasteiger partial charge in [-0.2, -0.15) is 0 Å². The molecule has 0 radical (unpaired) electrons. The van der Waals surface area contributed by atoms with Gasteiger partial charge in [0, 0.05) is 24.7 Å². The molecule has 0 aromatic carbocycles. The van der Waals surface area contributed by atoms with E-state index in [1.807, 2.05) is 0 Å². The first-order valence-electron chi connectivity index (χ1n) is 8.41. The van der Waals surface area contributed by atoms with E-state index in [2.05, 4.69) is 11.8 Å². The Balaban J connectivity index is 1.92. The van der Waals surface area contributed by atoms with Gasteiger partial charge in [0.2, 0.25) is 10.0 Å². The molecule has 0 aromatic heterocycles. The minimum Gasteiger partial charge on any atom is -0.379 e. The Morgan fingerprint density at radius 3 is 2.45 bits per heavy atom. The smallest absolute Gasteiger partial charge is 0.209 e. The van der Waals surface area contributed by atoms with Gasteiger partial charge in [-0.05, 0) is 44.9 Å². The van der Waals surface area contributed by atoms with Gasteiger partial charge in [0.25, 0.3) is 0 Å². The maximum atomic E-state index is 11.2. The molecule has 1 aliphatic heterocycles. The third-order valence-corrected chi connectivity index (χ3v) is 6.19. The van der Waals surface area contributed by atoms with Crippen LogP contribution < -0.4 is 10.9 Å². The van der Waals surface area contributed by atoms with Crippen molar-refractivity contribution in [1.82, 2.24) is 4.90 Å². The number of nitrogens with zero attached hydrogens (tertiary/aromatic N) is 1. The number of ether oxygens (including phenoxy) is 1. The van der Waals surface area contributed by atoms with E-state index in [1.54, 1.807) is 0 Å². The predicted molar refractivity (Wildman–Crippen MR) is 87.9 cm³/mol. The zero-order chi connectivity index (χ0) is 16.2. The van der Waals surface area contributed by atoms with Crippen LogP contribution in [0.15, 0.2) is 0 Å². The van der Waals surface area contributed by atoms with Gasteiger partial charge in [0.15, 0.2) is 0 Å². The Hall–Kier alpha value is -0.210. The number of nitrogens with two attached hydrogens (primary N) is 2. The molecular weight excluding hydrogens is 302 g/mol. The fraction of sp³-hybridized carbons (Fsp3) is 1.00. The lowest BCUT2D eigenvalue weighted by Crippen LogP contribution is -2.55.